The summed E-state index contributed by atoms with van der Waals surface area (Å²) in [6, 6.07) is 9.58. The van der Waals surface area contributed by atoms with Crippen LogP contribution in [0.2, 0.25) is 0 Å². The molecule has 5 nitrogen and oxygen atoms in total. The van der Waals surface area contributed by atoms with E-state index < -0.39 is 11.5 Å². The lowest BCUT2D eigenvalue weighted by atomic mass is 9.96. The lowest BCUT2D eigenvalue weighted by Gasteiger charge is -2.25. The van der Waals surface area contributed by atoms with Gasteiger partial charge >= 0.3 is 5.97 Å². The van der Waals surface area contributed by atoms with E-state index in [9.17, 15) is 14.7 Å². The number of amides is 1. The van der Waals surface area contributed by atoms with Crippen LogP contribution >= 0.6 is 11.3 Å². The smallest absolute Gasteiger partial charge is 0.329 e. The fourth-order valence-corrected chi connectivity index (χ4v) is 3.20. The van der Waals surface area contributed by atoms with Crippen molar-refractivity contribution in [2.45, 2.75) is 25.3 Å². The highest BCUT2D eigenvalue weighted by Gasteiger charge is 2.48. The highest BCUT2D eigenvalue weighted by atomic mass is 32.1. The molecule has 0 bridgehead atoms. The zero-order valence-corrected chi connectivity index (χ0v) is 12.9. The average molecular weight is 316 g/mol. The second-order valence-corrected chi connectivity index (χ2v) is 6.66. The highest BCUT2D eigenvalue weighted by molar-refractivity contribution is 7.16. The van der Waals surface area contributed by atoms with Gasteiger partial charge in [0.1, 0.15) is 15.4 Å². The van der Waals surface area contributed by atoms with Crippen LogP contribution < -0.4 is 5.32 Å². The molecule has 1 fully saturated rings. The summed E-state index contributed by atoms with van der Waals surface area (Å²) in [5.74, 6) is -1.36. The van der Waals surface area contributed by atoms with Gasteiger partial charge in [0.15, 0.2) is 0 Å². The minimum Gasteiger partial charge on any atom is -0.480 e. The zero-order chi connectivity index (χ0) is 15.7. The van der Waals surface area contributed by atoms with E-state index in [4.69, 9.17) is 0 Å². The second-order valence-electron chi connectivity index (χ2n) is 5.63. The first-order valence-electron chi connectivity index (χ1n) is 7.08. The molecule has 3 rings (SSSR count). The summed E-state index contributed by atoms with van der Waals surface area (Å²) in [5, 5.41) is 12.8. The topological polar surface area (TPSA) is 79.3 Å². The van der Waals surface area contributed by atoms with Crippen LogP contribution in [0.4, 0.5) is 0 Å². The predicted octanol–water partition coefficient (Wildman–Crippen LogP) is 2.79. The fraction of sp³-hybridized carbons (Fsp3) is 0.312. The Balaban J connectivity index is 1.79. The van der Waals surface area contributed by atoms with Gasteiger partial charge in [0, 0.05) is 5.56 Å². The molecule has 1 aromatic carbocycles. The van der Waals surface area contributed by atoms with Gasteiger partial charge in [-0.1, -0.05) is 30.3 Å². The molecule has 1 atom stereocenters. The molecule has 1 amide bonds. The summed E-state index contributed by atoms with van der Waals surface area (Å²) in [4.78, 5) is 28.5. The van der Waals surface area contributed by atoms with Gasteiger partial charge in [0.2, 0.25) is 0 Å². The lowest BCUT2D eigenvalue weighted by molar-refractivity contribution is -0.144. The first-order valence-corrected chi connectivity index (χ1v) is 7.89. The molecule has 1 saturated carbocycles. The molecule has 0 radical (unpaired) electrons. The number of benzene rings is 1. The molecule has 2 N–H and O–H groups in total. The van der Waals surface area contributed by atoms with Crippen molar-refractivity contribution in [3.05, 3.63) is 41.4 Å². The first-order chi connectivity index (χ1) is 10.5. The van der Waals surface area contributed by atoms with Gasteiger partial charge in [-0.2, -0.15) is 0 Å². The summed E-state index contributed by atoms with van der Waals surface area (Å²) in [7, 11) is 0. The summed E-state index contributed by atoms with van der Waals surface area (Å²) in [6.07, 6.45) is 3.17. The van der Waals surface area contributed by atoms with Crippen LogP contribution in [0, 0.1) is 5.92 Å². The molecule has 0 spiro atoms. The summed E-state index contributed by atoms with van der Waals surface area (Å²) < 4.78 is 0. The number of hydrogen-bond acceptors (Lipinski definition) is 4. The summed E-state index contributed by atoms with van der Waals surface area (Å²) in [5.41, 5.74) is -0.261. The number of hydrogen-bond donors (Lipinski definition) is 2. The third-order valence-corrected chi connectivity index (χ3v) is 5.01. The van der Waals surface area contributed by atoms with Gasteiger partial charge in [-0.3, -0.25) is 4.79 Å². The minimum atomic E-state index is -1.20. The SMILES string of the molecule is C[C@@](NC(=O)c1cnc(-c2ccccc2)s1)(C(=O)O)C1CC1. The number of aliphatic carboxylic acids is 1. The van der Waals surface area contributed by atoms with Crippen molar-refractivity contribution >= 4 is 23.2 Å². The van der Waals surface area contributed by atoms with E-state index in [1.54, 1.807) is 6.92 Å². The maximum absolute atomic E-state index is 12.3. The lowest BCUT2D eigenvalue weighted by Crippen LogP contribution is -2.53. The van der Waals surface area contributed by atoms with Crippen LogP contribution in [-0.4, -0.2) is 27.5 Å². The number of thiazole rings is 1. The van der Waals surface area contributed by atoms with Crippen molar-refractivity contribution in [2.24, 2.45) is 5.92 Å². The molecule has 6 heteroatoms. The standard InChI is InChI=1S/C16H16N2O3S/c1-16(15(20)21,11-7-8-11)18-13(19)12-9-17-14(22-12)10-5-3-2-4-6-10/h2-6,9,11H,7-8H2,1H3,(H,18,19)(H,20,21)/t16-/m0/s1. The van der Waals surface area contributed by atoms with Gasteiger partial charge < -0.3 is 10.4 Å². The van der Waals surface area contributed by atoms with Crippen molar-refractivity contribution in [3.8, 4) is 10.6 Å². The van der Waals surface area contributed by atoms with Crippen LogP contribution in [0.1, 0.15) is 29.4 Å². The van der Waals surface area contributed by atoms with E-state index in [2.05, 4.69) is 10.3 Å². The quantitative estimate of drug-likeness (QED) is 0.889. The first kappa shape index (κ1) is 14.7. The van der Waals surface area contributed by atoms with E-state index in [1.165, 1.54) is 17.5 Å². The summed E-state index contributed by atoms with van der Waals surface area (Å²) >= 11 is 1.26. The number of nitrogens with one attached hydrogen (secondary N) is 1. The van der Waals surface area contributed by atoms with E-state index in [1.807, 2.05) is 30.3 Å². The van der Waals surface area contributed by atoms with Gasteiger partial charge in [-0.05, 0) is 25.7 Å². The maximum Gasteiger partial charge on any atom is 0.329 e. The molecule has 1 aliphatic carbocycles. The number of rotatable bonds is 5. The number of carboxylic acid groups (broad SMARTS) is 1. The molecule has 114 valence electrons. The van der Waals surface area contributed by atoms with E-state index in [0.29, 0.717) is 4.88 Å². The number of carbonyl (C=O) groups excluding carboxylic acids is 1. The van der Waals surface area contributed by atoms with Crippen molar-refractivity contribution < 1.29 is 14.7 Å². The van der Waals surface area contributed by atoms with Crippen molar-refractivity contribution in [1.29, 1.82) is 0 Å². The number of aromatic nitrogens is 1. The van der Waals surface area contributed by atoms with E-state index in [0.717, 1.165) is 23.4 Å². The predicted molar refractivity (Wildman–Crippen MR) is 83.8 cm³/mol. The molecular formula is C16H16N2O3S. The van der Waals surface area contributed by atoms with Gasteiger partial charge in [-0.15, -0.1) is 11.3 Å². The van der Waals surface area contributed by atoms with Gasteiger partial charge in [-0.25, -0.2) is 9.78 Å². The molecule has 0 unspecified atom stereocenters. The Hall–Kier alpha value is -2.21. The Kier molecular flexibility index (Phi) is 3.70. The number of nitrogens with zero attached hydrogens (tertiary/aromatic N) is 1. The van der Waals surface area contributed by atoms with Crippen LogP contribution in [0.3, 0.4) is 0 Å². The molecule has 1 aromatic heterocycles. The Morgan fingerprint density at radius 2 is 2.00 bits per heavy atom. The normalized spacial score (nSPS) is 16.8. The monoisotopic (exact) mass is 316 g/mol. The van der Waals surface area contributed by atoms with Gasteiger partial charge in [0.25, 0.3) is 5.91 Å². The number of carbonyl (C=O) groups is 2. The third kappa shape index (κ3) is 2.74. The van der Waals surface area contributed by atoms with Crippen LogP contribution in [0.25, 0.3) is 10.6 Å². The van der Waals surface area contributed by atoms with Crippen LogP contribution in [0.15, 0.2) is 36.5 Å². The largest absolute Gasteiger partial charge is 0.480 e. The molecule has 1 heterocycles. The molecule has 22 heavy (non-hydrogen) atoms. The van der Waals surface area contributed by atoms with E-state index >= 15 is 0 Å². The maximum atomic E-state index is 12.3. The average Bonchev–Trinajstić information content (AvgIpc) is 3.25. The Labute approximate surface area is 132 Å². The molecule has 0 saturated heterocycles. The van der Waals surface area contributed by atoms with Crippen LogP contribution in [-0.2, 0) is 4.79 Å². The third-order valence-electron chi connectivity index (χ3n) is 3.96. The Bertz CT molecular complexity index is 709. The molecule has 0 aliphatic heterocycles. The van der Waals surface area contributed by atoms with Crippen molar-refractivity contribution in [1.82, 2.24) is 10.3 Å². The minimum absolute atomic E-state index is 0.00969. The number of carboxylic acids is 1. The zero-order valence-electron chi connectivity index (χ0n) is 12.1. The van der Waals surface area contributed by atoms with Crippen molar-refractivity contribution in [3.63, 3.8) is 0 Å². The van der Waals surface area contributed by atoms with Crippen molar-refractivity contribution in [2.75, 3.05) is 0 Å². The Morgan fingerprint density at radius 1 is 1.32 bits per heavy atom. The highest BCUT2D eigenvalue weighted by Crippen LogP contribution is 2.40. The summed E-state index contributed by atoms with van der Waals surface area (Å²) in [6.45, 7) is 1.57. The van der Waals surface area contributed by atoms with E-state index in [-0.39, 0.29) is 11.8 Å². The fourth-order valence-electron chi connectivity index (χ4n) is 2.38. The second kappa shape index (κ2) is 5.53. The van der Waals surface area contributed by atoms with Gasteiger partial charge in [0.05, 0.1) is 6.20 Å². The van der Waals surface area contributed by atoms with Crippen LogP contribution in [0.5, 0.6) is 0 Å². The molecular weight excluding hydrogens is 300 g/mol. The molecule has 2 aromatic rings. The molecule has 1 aliphatic rings. The Morgan fingerprint density at radius 3 is 2.59 bits per heavy atom.